The zero-order valence-corrected chi connectivity index (χ0v) is 21.1. The molecule has 1 aliphatic rings. The number of rotatable bonds is 9. The molecule has 0 amide bonds. The fourth-order valence-electron chi connectivity index (χ4n) is 4.55. The second kappa shape index (κ2) is 11.2. The van der Waals surface area contributed by atoms with E-state index in [1.54, 1.807) is 13.0 Å². The van der Waals surface area contributed by atoms with Crippen LogP contribution >= 0.6 is 23.2 Å². The summed E-state index contributed by atoms with van der Waals surface area (Å²) in [7, 11) is 0. The normalized spacial score (nSPS) is 18.4. The number of Topliss-reactive ketones (excluding diaryl/α,β-unsaturated/α-hetero) is 1. The Kier molecular flexibility index (Phi) is 8.24. The molecule has 3 aromatic rings. The number of fused-ring (bicyclic) bond motifs is 1. The van der Waals surface area contributed by atoms with Crippen LogP contribution in [-0.2, 0) is 0 Å². The van der Waals surface area contributed by atoms with Crippen LogP contribution in [0.3, 0.4) is 0 Å². The highest BCUT2D eigenvalue weighted by Crippen LogP contribution is 2.41. The van der Waals surface area contributed by atoms with Crippen LogP contribution in [0, 0.1) is 11.8 Å². The third kappa shape index (κ3) is 6.21. The Hall–Kier alpha value is -2.59. The van der Waals surface area contributed by atoms with E-state index in [0.717, 1.165) is 6.42 Å². The van der Waals surface area contributed by atoms with Crippen molar-refractivity contribution in [1.82, 2.24) is 19.9 Å². The second-order valence-corrected chi connectivity index (χ2v) is 9.72. The fraction of sp³-hybridized carbons (Fsp3) is 0.500. The predicted molar refractivity (Wildman–Crippen MR) is 132 cm³/mol. The van der Waals surface area contributed by atoms with Gasteiger partial charge in [0.25, 0.3) is 0 Å². The number of hydrogen-bond acceptors (Lipinski definition) is 6. The molecule has 0 unspecified atom stereocenters. The highest BCUT2D eigenvalue weighted by atomic mass is 35.5. The van der Waals surface area contributed by atoms with E-state index in [9.17, 15) is 18.0 Å². The number of hydrogen-bond donors (Lipinski definition) is 2. The van der Waals surface area contributed by atoms with Crippen molar-refractivity contribution in [3.05, 3.63) is 34.1 Å². The number of pyridine rings is 2. The van der Waals surface area contributed by atoms with Crippen LogP contribution in [0.5, 0.6) is 5.88 Å². The molecule has 7 nitrogen and oxygen atoms in total. The minimum absolute atomic E-state index is 0.138. The SMILES string of the molecule is CCOc1nc2nc(Nc3c(Cl)cncc3Cl)[nH]c2cc1C(=O)CCCC1CCC(C(F)(F)F)CC1. The Morgan fingerprint density at radius 1 is 1.17 bits per heavy atom. The van der Waals surface area contributed by atoms with E-state index >= 15 is 0 Å². The standard InChI is InChI=1S/C24H26Cl2F3N5O2/c1-2-36-22-15(19(35)5-3-4-13-6-8-14(9-7-13)24(27,28)29)10-18-21(33-22)34-23(31-18)32-20-16(25)11-30-12-17(20)26/h10-14H,2-9H2,1H3,(H2,30,31,32,33,34). The molecule has 0 saturated heterocycles. The zero-order chi connectivity index (χ0) is 25.9. The van der Waals surface area contributed by atoms with Gasteiger partial charge in [-0.2, -0.15) is 23.1 Å². The zero-order valence-electron chi connectivity index (χ0n) is 19.6. The summed E-state index contributed by atoms with van der Waals surface area (Å²) in [5, 5.41) is 3.63. The summed E-state index contributed by atoms with van der Waals surface area (Å²) in [6, 6.07) is 1.65. The van der Waals surface area contributed by atoms with Crippen molar-refractivity contribution in [3.63, 3.8) is 0 Å². The van der Waals surface area contributed by atoms with Gasteiger partial charge in [0.2, 0.25) is 11.8 Å². The van der Waals surface area contributed by atoms with E-state index in [2.05, 4.69) is 25.3 Å². The van der Waals surface area contributed by atoms with Gasteiger partial charge in [0.05, 0.1) is 39.3 Å². The molecule has 0 radical (unpaired) electrons. The average Bonchev–Trinajstić information content (AvgIpc) is 3.22. The van der Waals surface area contributed by atoms with E-state index in [4.69, 9.17) is 27.9 Å². The number of aromatic nitrogens is 4. The summed E-state index contributed by atoms with van der Waals surface area (Å²) in [6.45, 7) is 2.11. The molecule has 0 bridgehead atoms. The van der Waals surface area contributed by atoms with Crippen molar-refractivity contribution in [3.8, 4) is 5.88 Å². The lowest BCUT2D eigenvalue weighted by atomic mass is 9.79. The Morgan fingerprint density at radius 2 is 1.86 bits per heavy atom. The Morgan fingerprint density at radius 3 is 2.50 bits per heavy atom. The van der Waals surface area contributed by atoms with Crippen LogP contribution in [0.25, 0.3) is 11.2 Å². The summed E-state index contributed by atoms with van der Waals surface area (Å²) in [6.07, 6.45) is 1.80. The van der Waals surface area contributed by atoms with Crippen molar-refractivity contribution in [2.45, 2.75) is 58.0 Å². The van der Waals surface area contributed by atoms with E-state index in [0.29, 0.717) is 64.3 Å². The van der Waals surface area contributed by atoms with E-state index in [1.807, 2.05) is 0 Å². The highest BCUT2D eigenvalue weighted by molar-refractivity contribution is 6.39. The van der Waals surface area contributed by atoms with Crippen molar-refractivity contribution < 1.29 is 22.7 Å². The van der Waals surface area contributed by atoms with Gasteiger partial charge < -0.3 is 15.0 Å². The quantitative estimate of drug-likeness (QED) is 0.271. The van der Waals surface area contributed by atoms with Crippen molar-refractivity contribution in [2.75, 3.05) is 11.9 Å². The molecule has 0 aliphatic heterocycles. The number of carbonyl (C=O) groups is 1. The first kappa shape index (κ1) is 26.5. The molecule has 3 aromatic heterocycles. The molecular formula is C24H26Cl2F3N5O2. The molecule has 36 heavy (non-hydrogen) atoms. The van der Waals surface area contributed by atoms with Crippen LogP contribution in [0.15, 0.2) is 18.5 Å². The molecule has 0 spiro atoms. The molecule has 0 aromatic carbocycles. The van der Waals surface area contributed by atoms with Gasteiger partial charge in [-0.1, -0.05) is 29.6 Å². The van der Waals surface area contributed by atoms with Crippen LogP contribution in [0.4, 0.5) is 24.8 Å². The predicted octanol–water partition coefficient (Wildman–Crippen LogP) is 7.52. The van der Waals surface area contributed by atoms with Crippen molar-refractivity contribution >= 4 is 51.8 Å². The maximum atomic E-state index is 13.0. The third-order valence-electron chi connectivity index (χ3n) is 6.44. The summed E-state index contributed by atoms with van der Waals surface area (Å²) < 4.78 is 44.3. The second-order valence-electron chi connectivity index (χ2n) is 8.91. The number of ketones is 1. The third-order valence-corrected chi connectivity index (χ3v) is 7.02. The molecule has 1 fully saturated rings. The Balaban J connectivity index is 1.43. The number of alkyl halides is 3. The first-order valence-electron chi connectivity index (χ1n) is 11.8. The Bertz CT molecular complexity index is 1210. The first-order chi connectivity index (χ1) is 17.2. The fourth-order valence-corrected chi connectivity index (χ4v) is 5.00. The van der Waals surface area contributed by atoms with Crippen LogP contribution in [0.1, 0.15) is 62.2 Å². The monoisotopic (exact) mass is 543 g/mol. The Labute approximate surface area is 216 Å². The summed E-state index contributed by atoms with van der Waals surface area (Å²) >= 11 is 12.3. The molecule has 0 atom stereocenters. The number of anilines is 2. The smallest absolute Gasteiger partial charge is 0.391 e. The number of nitrogens with one attached hydrogen (secondary N) is 2. The van der Waals surface area contributed by atoms with Crippen LogP contribution in [-0.4, -0.2) is 38.5 Å². The topological polar surface area (TPSA) is 92.8 Å². The lowest BCUT2D eigenvalue weighted by Gasteiger charge is -2.29. The molecule has 1 aliphatic carbocycles. The highest BCUT2D eigenvalue weighted by Gasteiger charge is 2.41. The van der Waals surface area contributed by atoms with Gasteiger partial charge in [-0.25, -0.2) is 0 Å². The van der Waals surface area contributed by atoms with Gasteiger partial charge in [0.1, 0.15) is 0 Å². The first-order valence-corrected chi connectivity index (χ1v) is 12.6. The lowest BCUT2D eigenvalue weighted by molar-refractivity contribution is -0.184. The van der Waals surface area contributed by atoms with E-state index in [-0.39, 0.29) is 36.8 Å². The van der Waals surface area contributed by atoms with E-state index < -0.39 is 12.1 Å². The molecule has 194 valence electrons. The summed E-state index contributed by atoms with van der Waals surface area (Å²) in [5.41, 5.74) is 1.63. The maximum Gasteiger partial charge on any atom is 0.391 e. The van der Waals surface area contributed by atoms with Gasteiger partial charge in [0.15, 0.2) is 11.4 Å². The van der Waals surface area contributed by atoms with E-state index in [1.165, 1.54) is 12.4 Å². The number of H-pyrrole nitrogens is 1. The lowest BCUT2D eigenvalue weighted by Crippen LogP contribution is -2.27. The van der Waals surface area contributed by atoms with Gasteiger partial charge in [-0.05, 0) is 51.0 Å². The summed E-state index contributed by atoms with van der Waals surface area (Å²) in [4.78, 5) is 28.8. The minimum atomic E-state index is -4.11. The van der Waals surface area contributed by atoms with Gasteiger partial charge in [-0.3, -0.25) is 9.78 Å². The van der Waals surface area contributed by atoms with Gasteiger partial charge >= 0.3 is 6.18 Å². The van der Waals surface area contributed by atoms with Crippen molar-refractivity contribution in [1.29, 1.82) is 0 Å². The van der Waals surface area contributed by atoms with Crippen LogP contribution < -0.4 is 10.1 Å². The largest absolute Gasteiger partial charge is 0.477 e. The number of ether oxygens (including phenoxy) is 1. The minimum Gasteiger partial charge on any atom is -0.477 e. The average molecular weight is 544 g/mol. The number of halogens is 5. The number of nitrogens with zero attached hydrogens (tertiary/aromatic N) is 3. The molecule has 12 heteroatoms. The molecule has 4 rings (SSSR count). The molecule has 2 N–H and O–H groups in total. The van der Waals surface area contributed by atoms with Gasteiger partial charge in [0, 0.05) is 18.8 Å². The molecule has 1 saturated carbocycles. The maximum absolute atomic E-state index is 13.0. The number of imidazole rings is 1. The number of aromatic amines is 1. The van der Waals surface area contributed by atoms with Crippen molar-refractivity contribution in [2.24, 2.45) is 11.8 Å². The van der Waals surface area contributed by atoms with Crippen LogP contribution in [0.2, 0.25) is 10.0 Å². The summed E-state index contributed by atoms with van der Waals surface area (Å²) in [5.74, 6) is -0.591. The molecular weight excluding hydrogens is 518 g/mol. The van der Waals surface area contributed by atoms with Gasteiger partial charge in [-0.15, -0.1) is 0 Å². The molecule has 3 heterocycles. The number of carbonyl (C=O) groups excluding carboxylic acids is 1.